The van der Waals surface area contributed by atoms with Crippen LogP contribution in [0, 0.1) is 0 Å². The number of halogens is 1. The quantitative estimate of drug-likeness (QED) is 0.528. The molecular formula is C10H21BrO2Si. The van der Waals surface area contributed by atoms with E-state index in [9.17, 15) is 4.79 Å². The third kappa shape index (κ3) is 6.73. The Balaban J connectivity index is 3.68. The average Bonchev–Trinajstić information content (AvgIpc) is 2.03. The molecule has 1 atom stereocenters. The first kappa shape index (κ1) is 14.3. The van der Waals surface area contributed by atoms with E-state index in [1.807, 2.05) is 13.8 Å². The lowest BCUT2D eigenvalue weighted by Crippen LogP contribution is -2.30. The second-order valence-corrected chi connectivity index (χ2v) is 9.81. The average molecular weight is 281 g/mol. The number of carbonyl (C=O) groups excluding carboxylic acids is 1. The van der Waals surface area contributed by atoms with Crippen LogP contribution in [0.2, 0.25) is 19.1 Å². The second-order valence-electron chi connectivity index (χ2n) is 4.13. The minimum absolute atomic E-state index is 0.000581. The highest BCUT2D eigenvalue weighted by Crippen LogP contribution is 2.16. The summed E-state index contributed by atoms with van der Waals surface area (Å²) in [5.41, 5.74) is 0. The summed E-state index contributed by atoms with van der Waals surface area (Å²) in [5.74, 6) is 0.297. The lowest BCUT2D eigenvalue weighted by molar-refractivity contribution is -0.118. The molecule has 0 saturated carbocycles. The van der Waals surface area contributed by atoms with E-state index in [1.54, 1.807) is 0 Å². The smallest absolute Gasteiger partial charge is 0.186 e. The van der Waals surface area contributed by atoms with Crippen molar-refractivity contribution in [2.45, 2.75) is 50.7 Å². The van der Waals surface area contributed by atoms with Gasteiger partial charge >= 0.3 is 0 Å². The first-order chi connectivity index (χ1) is 6.39. The fourth-order valence-corrected chi connectivity index (χ4v) is 3.53. The van der Waals surface area contributed by atoms with Crippen LogP contribution in [-0.2, 0) is 9.22 Å². The van der Waals surface area contributed by atoms with Crippen LogP contribution in [0.5, 0.6) is 0 Å². The van der Waals surface area contributed by atoms with Gasteiger partial charge in [0.05, 0.1) is 4.83 Å². The van der Waals surface area contributed by atoms with Crippen LogP contribution < -0.4 is 0 Å². The van der Waals surface area contributed by atoms with Gasteiger partial charge in [-0.2, -0.15) is 0 Å². The molecule has 0 aromatic rings. The number of ketones is 1. The highest BCUT2D eigenvalue weighted by Gasteiger charge is 2.21. The van der Waals surface area contributed by atoms with Gasteiger partial charge in [0, 0.05) is 13.0 Å². The zero-order valence-corrected chi connectivity index (χ0v) is 12.2. The van der Waals surface area contributed by atoms with Gasteiger partial charge < -0.3 is 4.43 Å². The maximum absolute atomic E-state index is 11.3. The van der Waals surface area contributed by atoms with Crippen molar-refractivity contribution in [1.29, 1.82) is 0 Å². The van der Waals surface area contributed by atoms with E-state index in [4.69, 9.17) is 4.43 Å². The van der Waals surface area contributed by atoms with Crippen molar-refractivity contribution in [3.8, 4) is 0 Å². The van der Waals surface area contributed by atoms with E-state index in [-0.39, 0.29) is 4.83 Å². The molecule has 0 amide bonds. The Morgan fingerprint density at radius 1 is 1.50 bits per heavy atom. The Bertz CT molecular complexity index is 181. The first-order valence-electron chi connectivity index (χ1n) is 5.20. The van der Waals surface area contributed by atoms with Crippen LogP contribution in [0.25, 0.3) is 0 Å². The van der Waals surface area contributed by atoms with Crippen molar-refractivity contribution in [1.82, 2.24) is 0 Å². The Morgan fingerprint density at radius 3 is 2.50 bits per heavy atom. The lowest BCUT2D eigenvalue weighted by Gasteiger charge is -2.21. The number of hydrogen-bond acceptors (Lipinski definition) is 2. The van der Waals surface area contributed by atoms with E-state index in [0.717, 1.165) is 19.1 Å². The van der Waals surface area contributed by atoms with Crippen molar-refractivity contribution in [3.63, 3.8) is 0 Å². The molecule has 0 bridgehead atoms. The third-order valence-electron chi connectivity index (χ3n) is 2.18. The molecule has 0 saturated heterocycles. The predicted octanol–water partition coefficient (Wildman–Crippen LogP) is 3.36. The minimum atomic E-state index is -1.47. The van der Waals surface area contributed by atoms with Crippen LogP contribution in [-0.4, -0.2) is 25.5 Å². The second kappa shape index (κ2) is 6.75. The molecule has 0 heterocycles. The summed E-state index contributed by atoms with van der Waals surface area (Å²) in [4.78, 5) is 11.3. The predicted molar refractivity (Wildman–Crippen MR) is 66.5 cm³/mol. The maximum atomic E-state index is 11.3. The van der Waals surface area contributed by atoms with Gasteiger partial charge in [-0.3, -0.25) is 4.79 Å². The number of hydrogen-bond donors (Lipinski definition) is 0. The Hall–Kier alpha value is 0.327. The topological polar surface area (TPSA) is 26.3 Å². The number of Topliss-reactive ketones (excluding diaryl/α,β-unsaturated/α-hetero) is 1. The van der Waals surface area contributed by atoms with E-state index in [2.05, 4.69) is 29.0 Å². The molecule has 0 spiro atoms. The number of alkyl halides is 1. The van der Waals surface area contributed by atoms with Crippen LogP contribution in [0.1, 0.15) is 26.7 Å². The molecule has 1 unspecified atom stereocenters. The zero-order valence-electron chi connectivity index (χ0n) is 9.60. The molecule has 0 aliphatic heterocycles. The maximum Gasteiger partial charge on any atom is 0.186 e. The summed E-state index contributed by atoms with van der Waals surface area (Å²) in [6, 6.07) is 1.08. The molecule has 0 aliphatic carbocycles. The molecule has 14 heavy (non-hydrogen) atoms. The Labute approximate surface area is 96.7 Å². The molecule has 0 aromatic heterocycles. The Kier molecular flexibility index (Phi) is 6.90. The van der Waals surface area contributed by atoms with Crippen molar-refractivity contribution >= 4 is 30.0 Å². The lowest BCUT2D eigenvalue weighted by atomic mass is 10.2. The van der Waals surface area contributed by atoms with Gasteiger partial charge in [-0.05, 0) is 39.4 Å². The molecule has 0 radical (unpaired) electrons. The molecule has 0 aromatic carbocycles. The summed E-state index contributed by atoms with van der Waals surface area (Å²) in [5, 5.41) is 0. The van der Waals surface area contributed by atoms with Gasteiger partial charge in [-0.1, -0.05) is 15.9 Å². The molecule has 0 rings (SSSR count). The fraction of sp³-hybridized carbons (Fsp3) is 0.900. The fourth-order valence-electron chi connectivity index (χ4n) is 1.35. The molecule has 0 N–H and O–H groups in total. The van der Waals surface area contributed by atoms with Crippen LogP contribution in [0.3, 0.4) is 0 Å². The van der Waals surface area contributed by atoms with E-state index < -0.39 is 8.32 Å². The molecular weight excluding hydrogens is 260 g/mol. The number of carbonyl (C=O) groups is 1. The highest BCUT2D eigenvalue weighted by atomic mass is 79.9. The monoisotopic (exact) mass is 280 g/mol. The highest BCUT2D eigenvalue weighted by molar-refractivity contribution is 9.10. The van der Waals surface area contributed by atoms with Gasteiger partial charge in [0.1, 0.15) is 5.78 Å². The molecule has 0 fully saturated rings. The number of rotatable bonds is 7. The molecule has 84 valence electrons. The van der Waals surface area contributed by atoms with E-state index in [1.165, 1.54) is 0 Å². The first-order valence-corrected chi connectivity index (χ1v) is 9.23. The van der Waals surface area contributed by atoms with Gasteiger partial charge in [-0.25, -0.2) is 0 Å². The summed E-state index contributed by atoms with van der Waals surface area (Å²) >= 11 is 3.28. The van der Waals surface area contributed by atoms with Gasteiger partial charge in [-0.15, -0.1) is 0 Å². The van der Waals surface area contributed by atoms with Gasteiger partial charge in [0.25, 0.3) is 0 Å². The summed E-state index contributed by atoms with van der Waals surface area (Å²) in [6.07, 6.45) is 1.64. The van der Waals surface area contributed by atoms with Crippen LogP contribution in [0.15, 0.2) is 0 Å². The normalized spacial score (nSPS) is 14.1. The van der Waals surface area contributed by atoms with E-state index in [0.29, 0.717) is 12.2 Å². The zero-order chi connectivity index (χ0) is 11.2. The minimum Gasteiger partial charge on any atom is -0.418 e. The van der Waals surface area contributed by atoms with E-state index >= 15 is 0 Å². The van der Waals surface area contributed by atoms with Crippen molar-refractivity contribution < 1.29 is 9.22 Å². The summed E-state index contributed by atoms with van der Waals surface area (Å²) in [6.45, 7) is 9.12. The van der Waals surface area contributed by atoms with Crippen LogP contribution >= 0.6 is 15.9 Å². The van der Waals surface area contributed by atoms with Crippen molar-refractivity contribution in [2.75, 3.05) is 6.61 Å². The van der Waals surface area contributed by atoms with Crippen molar-refractivity contribution in [2.24, 2.45) is 0 Å². The van der Waals surface area contributed by atoms with Gasteiger partial charge in [0.15, 0.2) is 8.32 Å². The molecule has 2 nitrogen and oxygen atoms in total. The standard InChI is InChI=1S/C10H21BrO2Si/c1-5-13-14(3,4)8-6-7-10(12)9(2)11/h9H,5-8H2,1-4H3. The Morgan fingerprint density at radius 2 is 2.07 bits per heavy atom. The van der Waals surface area contributed by atoms with Gasteiger partial charge in [0.2, 0.25) is 0 Å². The van der Waals surface area contributed by atoms with Crippen molar-refractivity contribution in [3.05, 3.63) is 0 Å². The summed E-state index contributed by atoms with van der Waals surface area (Å²) in [7, 11) is -1.47. The third-order valence-corrected chi connectivity index (χ3v) is 5.32. The molecule has 4 heteroatoms. The summed E-state index contributed by atoms with van der Waals surface area (Å²) < 4.78 is 5.69. The SMILES string of the molecule is CCO[Si](C)(C)CCCC(=O)C(C)Br. The largest absolute Gasteiger partial charge is 0.418 e. The molecule has 0 aliphatic rings. The van der Waals surface area contributed by atoms with Crippen LogP contribution in [0.4, 0.5) is 0 Å².